The molecular formula is C23H27N3O2. The van der Waals surface area contributed by atoms with Crippen molar-refractivity contribution in [3.8, 4) is 11.8 Å². The van der Waals surface area contributed by atoms with Crippen LogP contribution in [0.2, 0.25) is 0 Å². The van der Waals surface area contributed by atoms with Crippen LogP contribution in [0, 0.1) is 11.8 Å². The Morgan fingerprint density at radius 1 is 1.11 bits per heavy atom. The molecule has 146 valence electrons. The highest BCUT2D eigenvalue weighted by atomic mass is 16.3. The van der Waals surface area contributed by atoms with Crippen molar-refractivity contribution in [3.05, 3.63) is 65.5 Å². The first kappa shape index (κ1) is 20.1. The molecule has 0 unspecified atom stereocenters. The van der Waals surface area contributed by atoms with Crippen molar-refractivity contribution in [3.63, 3.8) is 0 Å². The Morgan fingerprint density at radius 2 is 1.89 bits per heavy atom. The molecule has 1 aliphatic heterocycles. The molecule has 1 amide bonds. The summed E-state index contributed by atoms with van der Waals surface area (Å²) in [7, 11) is 0. The van der Waals surface area contributed by atoms with Crippen LogP contribution >= 0.6 is 0 Å². The summed E-state index contributed by atoms with van der Waals surface area (Å²) in [5.74, 6) is 5.77. The molecule has 1 aliphatic rings. The van der Waals surface area contributed by atoms with E-state index in [1.54, 1.807) is 13.8 Å². The second-order valence-electron chi connectivity index (χ2n) is 7.63. The van der Waals surface area contributed by atoms with Gasteiger partial charge in [0, 0.05) is 50.0 Å². The third kappa shape index (κ3) is 5.91. The van der Waals surface area contributed by atoms with Crippen LogP contribution in [0.1, 0.15) is 41.9 Å². The molecule has 28 heavy (non-hydrogen) atoms. The zero-order valence-electron chi connectivity index (χ0n) is 16.6. The van der Waals surface area contributed by atoms with Crippen LogP contribution < -0.4 is 0 Å². The molecule has 1 saturated heterocycles. The molecule has 1 aromatic carbocycles. The van der Waals surface area contributed by atoms with E-state index in [4.69, 9.17) is 0 Å². The predicted octanol–water partition coefficient (Wildman–Crippen LogP) is 2.55. The average Bonchev–Trinajstić information content (AvgIpc) is 2.92. The molecule has 0 atom stereocenters. The SMILES string of the molecule is CC(C)(O)C#Cc1ccc(C(=O)N2CCCN(Cc3ccccn3)CC2)cc1. The van der Waals surface area contributed by atoms with Gasteiger partial charge in [-0.3, -0.25) is 14.7 Å². The number of benzene rings is 1. The van der Waals surface area contributed by atoms with E-state index < -0.39 is 5.60 Å². The van der Waals surface area contributed by atoms with Crippen LogP contribution in [0.3, 0.4) is 0 Å². The number of hydrogen-bond donors (Lipinski definition) is 1. The van der Waals surface area contributed by atoms with E-state index in [9.17, 15) is 9.90 Å². The van der Waals surface area contributed by atoms with Gasteiger partial charge >= 0.3 is 0 Å². The van der Waals surface area contributed by atoms with Gasteiger partial charge in [0.2, 0.25) is 0 Å². The first-order chi connectivity index (χ1) is 13.4. The van der Waals surface area contributed by atoms with Gasteiger partial charge in [-0.15, -0.1) is 0 Å². The summed E-state index contributed by atoms with van der Waals surface area (Å²) in [4.78, 5) is 21.5. The molecule has 1 N–H and O–H groups in total. The molecule has 2 aromatic rings. The van der Waals surface area contributed by atoms with E-state index in [1.807, 2.05) is 53.6 Å². The summed E-state index contributed by atoms with van der Waals surface area (Å²) < 4.78 is 0. The highest BCUT2D eigenvalue weighted by molar-refractivity contribution is 5.94. The fourth-order valence-electron chi connectivity index (χ4n) is 3.16. The first-order valence-electron chi connectivity index (χ1n) is 9.68. The Morgan fingerprint density at radius 3 is 2.57 bits per heavy atom. The molecular weight excluding hydrogens is 350 g/mol. The Hall–Kier alpha value is -2.68. The van der Waals surface area contributed by atoms with Crippen LogP contribution in [0.4, 0.5) is 0 Å². The number of aliphatic hydroxyl groups is 1. The van der Waals surface area contributed by atoms with Crippen molar-refractivity contribution in [2.45, 2.75) is 32.4 Å². The monoisotopic (exact) mass is 377 g/mol. The van der Waals surface area contributed by atoms with Crippen LogP contribution in [-0.4, -0.2) is 57.6 Å². The molecule has 0 bridgehead atoms. The summed E-state index contributed by atoms with van der Waals surface area (Å²) in [5, 5.41) is 9.69. The zero-order chi connectivity index (χ0) is 20.0. The Balaban J connectivity index is 1.59. The lowest BCUT2D eigenvalue weighted by atomic mass is 10.1. The van der Waals surface area contributed by atoms with Gasteiger partial charge < -0.3 is 10.0 Å². The third-order valence-corrected chi connectivity index (χ3v) is 4.63. The number of nitrogens with zero attached hydrogens (tertiary/aromatic N) is 3. The van der Waals surface area contributed by atoms with Gasteiger partial charge in [-0.1, -0.05) is 17.9 Å². The molecule has 1 aromatic heterocycles. The molecule has 1 fully saturated rings. The Kier molecular flexibility index (Phi) is 6.45. The molecule has 2 heterocycles. The molecule has 0 spiro atoms. The van der Waals surface area contributed by atoms with Gasteiger partial charge in [-0.05, 0) is 56.7 Å². The lowest BCUT2D eigenvalue weighted by molar-refractivity contribution is 0.0761. The number of amides is 1. The lowest BCUT2D eigenvalue weighted by Gasteiger charge is -2.22. The number of pyridine rings is 1. The number of rotatable bonds is 3. The molecule has 0 aliphatic carbocycles. The van der Waals surface area contributed by atoms with E-state index in [2.05, 4.69) is 21.7 Å². The number of hydrogen-bond acceptors (Lipinski definition) is 4. The normalized spacial score (nSPS) is 15.5. The maximum Gasteiger partial charge on any atom is 0.253 e. The van der Waals surface area contributed by atoms with E-state index in [-0.39, 0.29) is 5.91 Å². The fraction of sp³-hybridized carbons (Fsp3) is 0.391. The quantitative estimate of drug-likeness (QED) is 0.836. The third-order valence-electron chi connectivity index (χ3n) is 4.63. The van der Waals surface area contributed by atoms with Gasteiger partial charge in [0.05, 0.1) is 5.69 Å². The minimum atomic E-state index is -1.03. The zero-order valence-corrected chi connectivity index (χ0v) is 16.6. The lowest BCUT2D eigenvalue weighted by Crippen LogP contribution is -2.35. The summed E-state index contributed by atoms with van der Waals surface area (Å²) in [6.07, 6.45) is 2.77. The summed E-state index contributed by atoms with van der Waals surface area (Å²) in [5.41, 5.74) is 1.50. The Bertz CT molecular complexity index is 845. The van der Waals surface area contributed by atoms with E-state index in [0.29, 0.717) is 12.1 Å². The number of aromatic nitrogens is 1. The van der Waals surface area contributed by atoms with E-state index >= 15 is 0 Å². The second kappa shape index (κ2) is 9.01. The molecule has 3 rings (SSSR count). The standard InChI is InChI=1S/C23H27N3O2/c1-23(2,28)12-11-19-7-9-20(10-8-19)22(27)26-15-5-14-25(16-17-26)18-21-6-3-4-13-24-21/h3-4,6-10,13,28H,5,14-18H2,1-2H3. The average molecular weight is 377 g/mol. The smallest absolute Gasteiger partial charge is 0.253 e. The van der Waals surface area contributed by atoms with Crippen LogP contribution in [0.15, 0.2) is 48.7 Å². The van der Waals surface area contributed by atoms with Gasteiger partial charge in [0.15, 0.2) is 0 Å². The van der Waals surface area contributed by atoms with E-state index in [0.717, 1.165) is 43.9 Å². The Labute approximate surface area is 167 Å². The van der Waals surface area contributed by atoms with Gasteiger partial charge in [0.25, 0.3) is 5.91 Å². The van der Waals surface area contributed by atoms with E-state index in [1.165, 1.54) is 0 Å². The molecule has 5 nitrogen and oxygen atoms in total. The highest BCUT2D eigenvalue weighted by Crippen LogP contribution is 2.12. The maximum atomic E-state index is 12.9. The van der Waals surface area contributed by atoms with Crippen LogP contribution in [-0.2, 0) is 6.54 Å². The van der Waals surface area contributed by atoms with Gasteiger partial charge in [0.1, 0.15) is 5.60 Å². The summed E-state index contributed by atoms with van der Waals surface area (Å²) in [6.45, 7) is 7.40. The van der Waals surface area contributed by atoms with Crippen LogP contribution in [0.5, 0.6) is 0 Å². The molecule has 0 radical (unpaired) electrons. The van der Waals surface area contributed by atoms with Crippen LogP contribution in [0.25, 0.3) is 0 Å². The van der Waals surface area contributed by atoms with Crippen molar-refractivity contribution in [2.75, 3.05) is 26.2 Å². The summed E-state index contributed by atoms with van der Waals surface area (Å²) in [6, 6.07) is 13.3. The fourth-order valence-corrected chi connectivity index (χ4v) is 3.16. The van der Waals surface area contributed by atoms with Crippen molar-refractivity contribution in [1.82, 2.24) is 14.8 Å². The molecule has 0 saturated carbocycles. The largest absolute Gasteiger partial charge is 0.378 e. The van der Waals surface area contributed by atoms with Crippen molar-refractivity contribution < 1.29 is 9.90 Å². The van der Waals surface area contributed by atoms with Gasteiger partial charge in [-0.25, -0.2) is 0 Å². The number of carbonyl (C=O) groups is 1. The van der Waals surface area contributed by atoms with Crippen molar-refractivity contribution in [2.24, 2.45) is 0 Å². The predicted molar refractivity (Wildman–Crippen MR) is 110 cm³/mol. The minimum absolute atomic E-state index is 0.0571. The molecule has 5 heteroatoms. The topological polar surface area (TPSA) is 56.7 Å². The number of carbonyl (C=O) groups excluding carboxylic acids is 1. The first-order valence-corrected chi connectivity index (χ1v) is 9.68. The van der Waals surface area contributed by atoms with Crippen molar-refractivity contribution >= 4 is 5.91 Å². The van der Waals surface area contributed by atoms with Crippen molar-refractivity contribution in [1.29, 1.82) is 0 Å². The minimum Gasteiger partial charge on any atom is -0.378 e. The van der Waals surface area contributed by atoms with Gasteiger partial charge in [-0.2, -0.15) is 0 Å². The second-order valence-corrected chi connectivity index (χ2v) is 7.63. The summed E-state index contributed by atoms with van der Waals surface area (Å²) >= 11 is 0. The maximum absolute atomic E-state index is 12.9. The highest BCUT2D eigenvalue weighted by Gasteiger charge is 2.20.